The molecule has 1 aromatic carbocycles. The van der Waals surface area contributed by atoms with Crippen LogP contribution in [0.25, 0.3) is 0 Å². The predicted octanol–water partition coefficient (Wildman–Crippen LogP) is 3.24. The van der Waals surface area contributed by atoms with Crippen molar-refractivity contribution in [1.29, 1.82) is 0 Å². The SMILES string of the molecule is CCC#CC(C)C(C)c1ccc(S(C)(=O)=O)cc1. The molecule has 3 heteroatoms. The van der Waals surface area contributed by atoms with Crippen LogP contribution in [0.2, 0.25) is 0 Å². The van der Waals surface area contributed by atoms with Crippen LogP contribution in [0.15, 0.2) is 29.2 Å². The lowest BCUT2D eigenvalue weighted by Gasteiger charge is -2.15. The van der Waals surface area contributed by atoms with Crippen molar-refractivity contribution in [3.63, 3.8) is 0 Å². The quantitative estimate of drug-likeness (QED) is 0.785. The summed E-state index contributed by atoms with van der Waals surface area (Å²) in [5.74, 6) is 6.87. The molecule has 0 amide bonds. The Morgan fingerprint density at radius 1 is 1.17 bits per heavy atom. The third-order valence-corrected chi connectivity index (χ3v) is 4.22. The van der Waals surface area contributed by atoms with Crippen molar-refractivity contribution in [1.82, 2.24) is 0 Å². The Morgan fingerprint density at radius 3 is 2.17 bits per heavy atom. The molecule has 0 aliphatic heterocycles. The minimum absolute atomic E-state index is 0.272. The molecule has 0 bridgehead atoms. The van der Waals surface area contributed by atoms with Gasteiger partial charge < -0.3 is 0 Å². The molecule has 0 aliphatic carbocycles. The molecule has 0 fully saturated rings. The van der Waals surface area contributed by atoms with Crippen LogP contribution in [0.4, 0.5) is 0 Å². The van der Waals surface area contributed by atoms with Gasteiger partial charge in [-0.05, 0) is 23.6 Å². The minimum Gasteiger partial charge on any atom is -0.224 e. The fourth-order valence-electron chi connectivity index (χ4n) is 1.70. The molecule has 0 saturated carbocycles. The van der Waals surface area contributed by atoms with Crippen LogP contribution in [-0.4, -0.2) is 14.7 Å². The summed E-state index contributed by atoms with van der Waals surface area (Å²) in [4.78, 5) is 0.366. The zero-order valence-electron chi connectivity index (χ0n) is 11.4. The molecule has 0 aliphatic rings. The number of benzene rings is 1. The Hall–Kier alpha value is -1.27. The summed E-state index contributed by atoms with van der Waals surface area (Å²) in [6.07, 6.45) is 2.09. The Labute approximate surface area is 110 Å². The van der Waals surface area contributed by atoms with Crippen LogP contribution in [0.5, 0.6) is 0 Å². The van der Waals surface area contributed by atoms with E-state index >= 15 is 0 Å². The molecule has 0 saturated heterocycles. The highest BCUT2D eigenvalue weighted by molar-refractivity contribution is 7.90. The van der Waals surface area contributed by atoms with Gasteiger partial charge in [-0.3, -0.25) is 0 Å². The first-order chi connectivity index (χ1) is 8.36. The highest BCUT2D eigenvalue weighted by Gasteiger charge is 2.13. The second-order valence-corrected chi connectivity index (χ2v) is 6.61. The van der Waals surface area contributed by atoms with Crippen molar-refractivity contribution >= 4 is 9.84 Å². The van der Waals surface area contributed by atoms with Gasteiger partial charge in [0, 0.05) is 18.6 Å². The summed E-state index contributed by atoms with van der Waals surface area (Å²) >= 11 is 0. The second-order valence-electron chi connectivity index (χ2n) is 4.59. The van der Waals surface area contributed by atoms with Crippen LogP contribution in [0.3, 0.4) is 0 Å². The minimum atomic E-state index is -3.11. The van der Waals surface area contributed by atoms with Crippen molar-refractivity contribution in [2.45, 2.75) is 38.0 Å². The zero-order chi connectivity index (χ0) is 13.8. The molecule has 0 aromatic heterocycles. The van der Waals surface area contributed by atoms with E-state index in [1.807, 2.05) is 19.1 Å². The maximum atomic E-state index is 11.4. The lowest BCUT2D eigenvalue weighted by Crippen LogP contribution is -2.05. The molecular weight excluding hydrogens is 244 g/mol. The van der Waals surface area contributed by atoms with Crippen LogP contribution < -0.4 is 0 Å². The molecule has 0 heterocycles. The van der Waals surface area contributed by atoms with Crippen LogP contribution in [-0.2, 0) is 9.84 Å². The lowest BCUT2D eigenvalue weighted by molar-refractivity contribution is 0.600. The van der Waals surface area contributed by atoms with Crippen LogP contribution in [0, 0.1) is 17.8 Å². The summed E-state index contributed by atoms with van der Waals surface area (Å²) in [6, 6.07) is 7.10. The molecule has 0 spiro atoms. The molecule has 0 radical (unpaired) electrons. The van der Waals surface area contributed by atoms with Gasteiger partial charge in [0.2, 0.25) is 0 Å². The summed E-state index contributed by atoms with van der Waals surface area (Å²) in [5, 5.41) is 0. The van der Waals surface area contributed by atoms with Gasteiger partial charge in [-0.2, -0.15) is 0 Å². The Balaban J connectivity index is 2.92. The molecule has 2 atom stereocenters. The molecule has 2 unspecified atom stereocenters. The van der Waals surface area contributed by atoms with E-state index in [-0.39, 0.29) is 5.92 Å². The predicted molar refractivity (Wildman–Crippen MR) is 75.2 cm³/mol. The molecule has 98 valence electrons. The zero-order valence-corrected chi connectivity index (χ0v) is 12.2. The first-order valence-electron chi connectivity index (χ1n) is 6.14. The van der Waals surface area contributed by atoms with Crippen molar-refractivity contribution in [3.8, 4) is 11.8 Å². The topological polar surface area (TPSA) is 34.1 Å². The van der Waals surface area contributed by atoms with E-state index < -0.39 is 9.84 Å². The summed E-state index contributed by atoms with van der Waals surface area (Å²) in [6.45, 7) is 6.24. The monoisotopic (exact) mass is 264 g/mol. The van der Waals surface area contributed by atoms with E-state index in [0.29, 0.717) is 10.8 Å². The third kappa shape index (κ3) is 3.89. The second kappa shape index (κ2) is 6.06. The fourth-order valence-corrected chi connectivity index (χ4v) is 2.33. The van der Waals surface area contributed by atoms with Gasteiger partial charge in [-0.15, -0.1) is 5.92 Å². The summed E-state index contributed by atoms with van der Waals surface area (Å²) in [7, 11) is -3.11. The normalized spacial score (nSPS) is 14.4. The van der Waals surface area contributed by atoms with Crippen molar-refractivity contribution in [3.05, 3.63) is 29.8 Å². The number of sulfone groups is 1. The van der Waals surface area contributed by atoms with Gasteiger partial charge in [0.05, 0.1) is 4.90 Å². The van der Waals surface area contributed by atoms with Gasteiger partial charge >= 0.3 is 0 Å². The van der Waals surface area contributed by atoms with Gasteiger partial charge in [-0.25, -0.2) is 8.42 Å². The van der Waals surface area contributed by atoms with E-state index in [1.54, 1.807) is 12.1 Å². The molecule has 1 aromatic rings. The Morgan fingerprint density at radius 2 is 1.72 bits per heavy atom. The number of hydrogen-bond acceptors (Lipinski definition) is 2. The van der Waals surface area contributed by atoms with E-state index in [9.17, 15) is 8.42 Å². The molecule has 2 nitrogen and oxygen atoms in total. The van der Waals surface area contributed by atoms with Crippen molar-refractivity contribution in [2.75, 3.05) is 6.26 Å². The van der Waals surface area contributed by atoms with Crippen molar-refractivity contribution in [2.24, 2.45) is 5.92 Å². The third-order valence-electron chi connectivity index (χ3n) is 3.09. The fraction of sp³-hybridized carbons (Fsp3) is 0.467. The van der Waals surface area contributed by atoms with Gasteiger partial charge in [0.15, 0.2) is 9.84 Å². The molecule has 0 N–H and O–H groups in total. The molecular formula is C15H20O2S. The van der Waals surface area contributed by atoms with E-state index in [2.05, 4.69) is 25.7 Å². The number of hydrogen-bond donors (Lipinski definition) is 0. The highest BCUT2D eigenvalue weighted by atomic mass is 32.2. The van der Waals surface area contributed by atoms with E-state index in [4.69, 9.17) is 0 Å². The largest absolute Gasteiger partial charge is 0.224 e. The van der Waals surface area contributed by atoms with Crippen LogP contribution >= 0.6 is 0 Å². The van der Waals surface area contributed by atoms with E-state index in [0.717, 1.165) is 12.0 Å². The molecule has 1 rings (SSSR count). The summed E-state index contributed by atoms with van der Waals surface area (Å²) in [5.41, 5.74) is 1.13. The highest BCUT2D eigenvalue weighted by Crippen LogP contribution is 2.24. The van der Waals surface area contributed by atoms with E-state index in [1.165, 1.54) is 6.26 Å². The maximum Gasteiger partial charge on any atom is 0.175 e. The molecule has 18 heavy (non-hydrogen) atoms. The first kappa shape index (κ1) is 14.8. The first-order valence-corrected chi connectivity index (χ1v) is 8.03. The average Bonchev–Trinajstić information content (AvgIpc) is 2.34. The Kier molecular flexibility index (Phi) is 4.98. The van der Waals surface area contributed by atoms with Gasteiger partial charge in [-0.1, -0.05) is 38.8 Å². The van der Waals surface area contributed by atoms with Crippen molar-refractivity contribution < 1.29 is 8.42 Å². The smallest absolute Gasteiger partial charge is 0.175 e. The Bertz CT molecular complexity index is 544. The maximum absolute atomic E-state index is 11.4. The number of rotatable bonds is 3. The average molecular weight is 264 g/mol. The van der Waals surface area contributed by atoms with Crippen LogP contribution in [0.1, 0.15) is 38.7 Å². The lowest BCUT2D eigenvalue weighted by atomic mass is 9.89. The summed E-state index contributed by atoms with van der Waals surface area (Å²) < 4.78 is 22.7. The standard InChI is InChI=1S/C15H20O2S/c1-5-6-7-12(2)13(3)14-8-10-15(11-9-14)18(4,16)17/h8-13H,5H2,1-4H3. The van der Waals surface area contributed by atoms with Gasteiger partial charge in [0.25, 0.3) is 0 Å². The van der Waals surface area contributed by atoms with Gasteiger partial charge in [0.1, 0.15) is 0 Å².